The van der Waals surface area contributed by atoms with Crippen LogP contribution in [-0.2, 0) is 0 Å². The Balaban J connectivity index is 4.11. The summed E-state index contributed by atoms with van der Waals surface area (Å²) in [4.78, 5) is 4.71. The molecule has 2 atom stereocenters. The Morgan fingerprint density at radius 1 is 1.25 bits per heavy atom. The third kappa shape index (κ3) is 9.08. The Labute approximate surface area is 126 Å². The molecular formula is C18H35N2+. The van der Waals surface area contributed by atoms with E-state index in [1.165, 1.54) is 31.4 Å². The molecule has 0 saturated carbocycles. The first-order valence-electron chi connectivity index (χ1n) is 7.99. The molecule has 0 spiro atoms. The van der Waals surface area contributed by atoms with Crippen molar-refractivity contribution in [3.05, 3.63) is 24.8 Å². The second-order valence-electron chi connectivity index (χ2n) is 6.54. The number of nitrogens with zero attached hydrogens (tertiary/aromatic N) is 2. The number of hydrogen-bond acceptors (Lipinski definition) is 1. The Morgan fingerprint density at radius 3 is 2.45 bits per heavy atom. The summed E-state index contributed by atoms with van der Waals surface area (Å²) < 4.78 is 0.883. The molecule has 0 aliphatic carbocycles. The first kappa shape index (κ1) is 19.1. The molecule has 0 aliphatic heterocycles. The first-order valence-corrected chi connectivity index (χ1v) is 7.99. The molecule has 20 heavy (non-hydrogen) atoms. The topological polar surface area (TPSA) is 12.4 Å². The van der Waals surface area contributed by atoms with E-state index in [9.17, 15) is 0 Å². The molecule has 2 unspecified atom stereocenters. The normalized spacial score (nSPS) is 15.2. The van der Waals surface area contributed by atoms with Gasteiger partial charge in [0.2, 0.25) is 0 Å². The molecule has 0 heterocycles. The molecular weight excluding hydrogens is 244 g/mol. The van der Waals surface area contributed by atoms with Crippen LogP contribution in [0.15, 0.2) is 29.8 Å². The van der Waals surface area contributed by atoms with E-state index >= 15 is 0 Å². The van der Waals surface area contributed by atoms with Crippen LogP contribution in [0.25, 0.3) is 0 Å². The lowest BCUT2D eigenvalue weighted by molar-refractivity contribution is -0.792. The maximum absolute atomic E-state index is 4.71. The van der Waals surface area contributed by atoms with Crippen LogP contribution in [0.1, 0.15) is 52.9 Å². The van der Waals surface area contributed by atoms with Crippen LogP contribution in [0.2, 0.25) is 0 Å². The molecule has 0 aromatic heterocycles. The van der Waals surface area contributed by atoms with Crippen LogP contribution in [0.5, 0.6) is 0 Å². The monoisotopic (exact) mass is 279 g/mol. The van der Waals surface area contributed by atoms with Gasteiger partial charge in [0.25, 0.3) is 0 Å². The average molecular weight is 279 g/mol. The molecule has 0 rings (SSSR count). The highest BCUT2D eigenvalue weighted by molar-refractivity contribution is 5.46. The fourth-order valence-electron chi connectivity index (χ4n) is 1.98. The van der Waals surface area contributed by atoms with Gasteiger partial charge in [-0.3, -0.25) is 4.48 Å². The van der Waals surface area contributed by atoms with Gasteiger partial charge in [0, 0.05) is 0 Å². The van der Waals surface area contributed by atoms with Gasteiger partial charge in [0.1, 0.15) is 0 Å². The highest BCUT2D eigenvalue weighted by Crippen LogP contribution is 2.17. The van der Waals surface area contributed by atoms with Crippen LogP contribution < -0.4 is 0 Å². The van der Waals surface area contributed by atoms with Gasteiger partial charge in [0.05, 0.1) is 26.7 Å². The number of aliphatic imine (C=N–C) groups is 1. The molecule has 0 radical (unpaired) electrons. The van der Waals surface area contributed by atoms with E-state index in [4.69, 9.17) is 4.99 Å². The summed E-state index contributed by atoms with van der Waals surface area (Å²) in [6.45, 7) is 15.7. The van der Waals surface area contributed by atoms with Crippen LogP contribution in [0.4, 0.5) is 0 Å². The third-order valence-corrected chi connectivity index (χ3v) is 3.85. The zero-order valence-corrected chi connectivity index (χ0v) is 14.4. The minimum absolute atomic E-state index is 0.368. The summed E-state index contributed by atoms with van der Waals surface area (Å²) in [6, 6.07) is 0.368. The Morgan fingerprint density at radius 2 is 1.90 bits per heavy atom. The van der Waals surface area contributed by atoms with Crippen LogP contribution in [-0.4, -0.2) is 37.5 Å². The van der Waals surface area contributed by atoms with Gasteiger partial charge >= 0.3 is 0 Å². The predicted octanol–water partition coefficient (Wildman–Crippen LogP) is 4.83. The molecule has 116 valence electrons. The summed E-state index contributed by atoms with van der Waals surface area (Å²) in [5.74, 6) is 0.410. The van der Waals surface area contributed by atoms with E-state index in [1.807, 2.05) is 6.08 Å². The van der Waals surface area contributed by atoms with E-state index in [1.54, 1.807) is 0 Å². The van der Waals surface area contributed by atoms with E-state index < -0.39 is 0 Å². The summed E-state index contributed by atoms with van der Waals surface area (Å²) in [5, 5.41) is 0. The van der Waals surface area contributed by atoms with Gasteiger partial charge in [-0.15, -0.1) is 6.58 Å². The average Bonchev–Trinajstić information content (AvgIpc) is 2.41. The van der Waals surface area contributed by atoms with Crippen molar-refractivity contribution < 1.29 is 4.48 Å². The van der Waals surface area contributed by atoms with Crippen molar-refractivity contribution in [3.8, 4) is 0 Å². The number of allylic oxidation sites excluding steroid dienone is 2. The molecule has 0 N–H and O–H groups in total. The van der Waals surface area contributed by atoms with Crippen molar-refractivity contribution in [2.24, 2.45) is 10.9 Å². The maximum atomic E-state index is 4.71. The number of unbranched alkanes of at least 4 members (excludes halogenated alkanes) is 2. The summed E-state index contributed by atoms with van der Waals surface area (Å²) in [7, 11) is 4.45. The minimum Gasteiger partial charge on any atom is -0.286 e. The molecule has 0 amide bonds. The first-order chi connectivity index (χ1) is 9.32. The van der Waals surface area contributed by atoms with Crippen molar-refractivity contribution in [1.82, 2.24) is 0 Å². The second kappa shape index (κ2) is 9.93. The standard InChI is InChI=1S/C18H35N2/c1-8-10-11-14-20(6,7)15-19-18(5)13-12-17(4)16(3)9-2/h9,15-16,18H,2,4,8,10-14H2,1,3,5-7H3/q+1. The van der Waals surface area contributed by atoms with Gasteiger partial charge in [-0.05, 0) is 38.5 Å². The Kier molecular flexibility index (Phi) is 9.49. The van der Waals surface area contributed by atoms with Gasteiger partial charge in [-0.1, -0.05) is 38.5 Å². The van der Waals surface area contributed by atoms with Gasteiger partial charge < -0.3 is 0 Å². The Bertz CT molecular complexity index is 315. The SMILES string of the molecule is C=CC(C)C(=C)CCC(C)N=C[N+](C)(C)CCCCC. The maximum Gasteiger partial charge on any atom is 0.185 e. The summed E-state index contributed by atoms with van der Waals surface area (Å²) in [5.41, 5.74) is 1.26. The van der Waals surface area contributed by atoms with Crippen LogP contribution in [0, 0.1) is 5.92 Å². The zero-order chi connectivity index (χ0) is 15.6. The van der Waals surface area contributed by atoms with E-state index in [-0.39, 0.29) is 0 Å². The lowest BCUT2D eigenvalue weighted by Gasteiger charge is -2.24. The number of quaternary nitrogens is 1. The largest absolute Gasteiger partial charge is 0.286 e. The lowest BCUT2D eigenvalue weighted by Crippen LogP contribution is -2.39. The molecule has 0 bridgehead atoms. The van der Waals surface area contributed by atoms with Crippen molar-refractivity contribution in [1.29, 1.82) is 0 Å². The van der Waals surface area contributed by atoms with Gasteiger partial charge in [0.15, 0.2) is 6.34 Å². The van der Waals surface area contributed by atoms with Crippen LogP contribution in [0.3, 0.4) is 0 Å². The highest BCUT2D eigenvalue weighted by Gasteiger charge is 2.12. The highest BCUT2D eigenvalue weighted by atomic mass is 15.3. The molecule has 2 heteroatoms. The second-order valence-corrected chi connectivity index (χ2v) is 6.54. The van der Waals surface area contributed by atoms with Gasteiger partial charge in [-0.25, -0.2) is 4.99 Å². The van der Waals surface area contributed by atoms with Crippen LogP contribution >= 0.6 is 0 Å². The van der Waals surface area contributed by atoms with Crippen molar-refractivity contribution in [2.75, 3.05) is 20.6 Å². The van der Waals surface area contributed by atoms with E-state index in [0.29, 0.717) is 12.0 Å². The molecule has 0 aliphatic rings. The molecule has 2 nitrogen and oxygen atoms in total. The lowest BCUT2D eigenvalue weighted by atomic mass is 9.97. The smallest absolute Gasteiger partial charge is 0.185 e. The summed E-state index contributed by atoms with van der Waals surface area (Å²) >= 11 is 0. The van der Waals surface area contributed by atoms with Crippen molar-refractivity contribution in [2.45, 2.75) is 58.9 Å². The fraction of sp³-hybridized carbons (Fsp3) is 0.722. The molecule has 0 saturated heterocycles. The van der Waals surface area contributed by atoms with Gasteiger partial charge in [-0.2, -0.15) is 0 Å². The quantitative estimate of drug-likeness (QED) is 0.169. The molecule has 0 aromatic carbocycles. The molecule has 0 aromatic rings. The number of hydrogen-bond donors (Lipinski definition) is 0. The predicted molar refractivity (Wildman–Crippen MR) is 92.2 cm³/mol. The fourth-order valence-corrected chi connectivity index (χ4v) is 1.98. The van der Waals surface area contributed by atoms with E-state index in [2.05, 4.69) is 54.4 Å². The molecule has 0 fully saturated rings. The summed E-state index contributed by atoms with van der Waals surface area (Å²) in [6.07, 6.45) is 10.0. The number of rotatable bonds is 11. The van der Waals surface area contributed by atoms with E-state index in [0.717, 1.165) is 17.3 Å². The van der Waals surface area contributed by atoms with Crippen molar-refractivity contribution in [3.63, 3.8) is 0 Å². The zero-order valence-electron chi connectivity index (χ0n) is 14.4. The van der Waals surface area contributed by atoms with Crippen molar-refractivity contribution >= 4 is 6.34 Å². The minimum atomic E-state index is 0.368. The Hall–Kier alpha value is -0.890. The third-order valence-electron chi connectivity index (χ3n) is 3.85.